The Morgan fingerprint density at radius 3 is 2.38 bits per heavy atom. The lowest BCUT2D eigenvalue weighted by Crippen LogP contribution is -2.25. The maximum Gasteiger partial charge on any atom is 0.303 e. The molecule has 88 valence electrons. The zero-order valence-corrected chi connectivity index (χ0v) is 10.7. The predicted molar refractivity (Wildman–Crippen MR) is 65.2 cm³/mol. The highest BCUT2D eigenvalue weighted by Gasteiger charge is 2.27. The summed E-state index contributed by atoms with van der Waals surface area (Å²) in [7, 11) is 0. The van der Waals surface area contributed by atoms with E-state index in [9.17, 15) is 9.90 Å². The van der Waals surface area contributed by atoms with Gasteiger partial charge in [0.2, 0.25) is 0 Å². The number of carbonyl (C=O) groups is 1. The van der Waals surface area contributed by atoms with Gasteiger partial charge in [0.15, 0.2) is 0 Å². The van der Waals surface area contributed by atoms with E-state index >= 15 is 0 Å². The van der Waals surface area contributed by atoms with Crippen LogP contribution in [0.2, 0.25) is 0 Å². The fraction of sp³-hybridized carbons (Fsp3) is 0.417. The fourth-order valence-electron chi connectivity index (χ4n) is 1.60. The highest BCUT2D eigenvalue weighted by Crippen LogP contribution is 2.30. The number of aliphatic carboxylic acids is 1. The molecule has 0 aromatic heterocycles. The van der Waals surface area contributed by atoms with Crippen molar-refractivity contribution in [3.63, 3.8) is 0 Å². The van der Waals surface area contributed by atoms with E-state index in [1.165, 1.54) is 0 Å². The van der Waals surface area contributed by atoms with Crippen LogP contribution in [0.4, 0.5) is 0 Å². The largest absolute Gasteiger partial charge is 0.481 e. The molecular weight excluding hydrogens is 272 g/mol. The van der Waals surface area contributed by atoms with Gasteiger partial charge in [-0.3, -0.25) is 4.79 Å². The minimum Gasteiger partial charge on any atom is -0.481 e. The van der Waals surface area contributed by atoms with E-state index in [0.717, 1.165) is 10.0 Å². The van der Waals surface area contributed by atoms with E-state index in [-0.39, 0.29) is 12.8 Å². The van der Waals surface area contributed by atoms with E-state index in [1.54, 1.807) is 0 Å². The van der Waals surface area contributed by atoms with Gasteiger partial charge in [-0.25, -0.2) is 0 Å². The van der Waals surface area contributed by atoms with Crippen LogP contribution in [0.25, 0.3) is 0 Å². The summed E-state index contributed by atoms with van der Waals surface area (Å²) < 4.78 is 0.938. The van der Waals surface area contributed by atoms with Gasteiger partial charge in [0.05, 0.1) is 5.60 Å². The molecule has 3 nitrogen and oxygen atoms in total. The maximum atomic E-state index is 10.5. The molecule has 0 radical (unpaired) electrons. The van der Waals surface area contributed by atoms with Crippen LogP contribution in [-0.2, 0) is 10.4 Å². The van der Waals surface area contributed by atoms with Crippen LogP contribution in [-0.4, -0.2) is 16.2 Å². The zero-order valence-electron chi connectivity index (χ0n) is 9.11. The average Bonchev–Trinajstić information content (AvgIpc) is 2.27. The lowest BCUT2D eigenvalue weighted by molar-refractivity contribution is -0.138. The maximum absolute atomic E-state index is 10.5. The number of carboxylic acid groups (broad SMARTS) is 1. The zero-order chi connectivity index (χ0) is 12.2. The minimum atomic E-state index is -1.04. The first kappa shape index (κ1) is 13.2. The van der Waals surface area contributed by atoms with Gasteiger partial charge in [0.1, 0.15) is 0 Å². The van der Waals surface area contributed by atoms with Gasteiger partial charge in [-0.2, -0.15) is 0 Å². The van der Waals surface area contributed by atoms with Gasteiger partial charge >= 0.3 is 5.97 Å². The van der Waals surface area contributed by atoms with Crippen molar-refractivity contribution in [1.29, 1.82) is 0 Å². The second-order valence-electron chi connectivity index (χ2n) is 3.79. The Balaban J connectivity index is 2.86. The molecule has 1 aromatic rings. The SMILES string of the molecule is CCC(O)(CCC(=O)O)c1ccc(Br)cc1. The normalized spacial score (nSPS) is 14.4. The van der Waals surface area contributed by atoms with E-state index < -0.39 is 11.6 Å². The molecule has 1 unspecified atom stereocenters. The first-order chi connectivity index (χ1) is 7.48. The fourth-order valence-corrected chi connectivity index (χ4v) is 1.86. The quantitative estimate of drug-likeness (QED) is 0.875. The highest BCUT2D eigenvalue weighted by atomic mass is 79.9. The number of hydrogen-bond donors (Lipinski definition) is 2. The van der Waals surface area contributed by atoms with Crippen molar-refractivity contribution in [3.8, 4) is 0 Å². The summed E-state index contributed by atoms with van der Waals surface area (Å²) in [6, 6.07) is 7.32. The molecule has 0 saturated heterocycles. The summed E-state index contributed by atoms with van der Waals surface area (Å²) >= 11 is 3.32. The van der Waals surface area contributed by atoms with Gasteiger partial charge in [0.25, 0.3) is 0 Å². The smallest absolute Gasteiger partial charge is 0.303 e. The molecule has 4 heteroatoms. The molecule has 2 N–H and O–H groups in total. The lowest BCUT2D eigenvalue weighted by Gasteiger charge is -2.26. The second kappa shape index (κ2) is 5.46. The first-order valence-electron chi connectivity index (χ1n) is 5.18. The molecule has 0 aliphatic heterocycles. The standard InChI is InChI=1S/C12H15BrO3/c1-2-12(16,8-7-11(14)15)9-3-5-10(13)6-4-9/h3-6,16H,2,7-8H2,1H3,(H,14,15). The van der Waals surface area contributed by atoms with Crippen LogP contribution in [0.3, 0.4) is 0 Å². The Hall–Kier alpha value is -0.870. The highest BCUT2D eigenvalue weighted by molar-refractivity contribution is 9.10. The van der Waals surface area contributed by atoms with Crippen LogP contribution >= 0.6 is 15.9 Å². The van der Waals surface area contributed by atoms with Crippen LogP contribution in [0.15, 0.2) is 28.7 Å². The van der Waals surface area contributed by atoms with Gasteiger partial charge in [-0.05, 0) is 30.5 Å². The van der Waals surface area contributed by atoms with Crippen molar-refractivity contribution < 1.29 is 15.0 Å². The van der Waals surface area contributed by atoms with Gasteiger partial charge < -0.3 is 10.2 Å². The monoisotopic (exact) mass is 286 g/mol. The molecule has 0 spiro atoms. The molecule has 0 heterocycles. The third-order valence-electron chi connectivity index (χ3n) is 2.72. The van der Waals surface area contributed by atoms with Crippen molar-refractivity contribution in [2.24, 2.45) is 0 Å². The van der Waals surface area contributed by atoms with Gasteiger partial charge in [-0.1, -0.05) is 35.0 Å². The van der Waals surface area contributed by atoms with Crippen molar-refractivity contribution in [2.45, 2.75) is 31.8 Å². The van der Waals surface area contributed by atoms with E-state index in [4.69, 9.17) is 5.11 Å². The molecule has 16 heavy (non-hydrogen) atoms. The topological polar surface area (TPSA) is 57.5 Å². The summed E-state index contributed by atoms with van der Waals surface area (Å²) in [6.07, 6.45) is 0.711. The molecule has 1 rings (SSSR count). The van der Waals surface area contributed by atoms with E-state index in [1.807, 2.05) is 31.2 Å². The molecule has 0 fully saturated rings. The third kappa shape index (κ3) is 3.32. The number of hydrogen-bond acceptors (Lipinski definition) is 2. The average molecular weight is 287 g/mol. The number of rotatable bonds is 5. The number of aliphatic hydroxyl groups is 1. The van der Waals surface area contributed by atoms with Crippen LogP contribution in [0.1, 0.15) is 31.7 Å². The van der Waals surface area contributed by atoms with Crippen molar-refractivity contribution in [2.75, 3.05) is 0 Å². The Morgan fingerprint density at radius 2 is 1.94 bits per heavy atom. The Kier molecular flexibility index (Phi) is 4.50. The molecule has 0 saturated carbocycles. The molecule has 0 aliphatic rings. The lowest BCUT2D eigenvalue weighted by atomic mass is 9.87. The molecular formula is C12H15BrO3. The molecule has 0 amide bonds. The predicted octanol–water partition coefficient (Wildman–Crippen LogP) is 2.91. The number of carboxylic acids is 1. The summed E-state index contributed by atoms with van der Waals surface area (Å²) in [6.45, 7) is 1.85. The number of benzene rings is 1. The van der Waals surface area contributed by atoms with Gasteiger partial charge in [0, 0.05) is 10.9 Å². The van der Waals surface area contributed by atoms with Crippen molar-refractivity contribution in [1.82, 2.24) is 0 Å². The van der Waals surface area contributed by atoms with Crippen LogP contribution < -0.4 is 0 Å². The van der Waals surface area contributed by atoms with Crippen LogP contribution in [0.5, 0.6) is 0 Å². The van der Waals surface area contributed by atoms with E-state index in [0.29, 0.717) is 6.42 Å². The van der Waals surface area contributed by atoms with Crippen molar-refractivity contribution >= 4 is 21.9 Å². The Bertz CT molecular complexity index is 361. The Labute approximate surface area is 103 Å². The first-order valence-corrected chi connectivity index (χ1v) is 5.97. The molecule has 0 bridgehead atoms. The second-order valence-corrected chi connectivity index (χ2v) is 4.70. The molecule has 1 aromatic carbocycles. The summed E-state index contributed by atoms with van der Waals surface area (Å²) in [5.41, 5.74) is -0.279. The minimum absolute atomic E-state index is 0.0274. The summed E-state index contributed by atoms with van der Waals surface area (Å²) in [5.74, 6) is -0.885. The van der Waals surface area contributed by atoms with Crippen LogP contribution in [0, 0.1) is 0 Å². The Morgan fingerprint density at radius 1 is 1.38 bits per heavy atom. The summed E-state index contributed by atoms with van der Waals surface area (Å²) in [4.78, 5) is 10.5. The number of halogens is 1. The third-order valence-corrected chi connectivity index (χ3v) is 3.25. The molecule has 1 atom stereocenters. The molecule has 0 aliphatic carbocycles. The summed E-state index contributed by atoms with van der Waals surface area (Å²) in [5, 5.41) is 19.0. The van der Waals surface area contributed by atoms with Gasteiger partial charge in [-0.15, -0.1) is 0 Å². The van der Waals surface area contributed by atoms with E-state index in [2.05, 4.69) is 15.9 Å². The van der Waals surface area contributed by atoms with Crippen molar-refractivity contribution in [3.05, 3.63) is 34.3 Å².